The van der Waals surface area contributed by atoms with E-state index in [-0.39, 0.29) is 22.4 Å². The van der Waals surface area contributed by atoms with E-state index in [0.717, 1.165) is 0 Å². The molecule has 0 aliphatic rings. The average molecular weight is 381 g/mol. The van der Waals surface area contributed by atoms with Crippen LogP contribution in [-0.4, -0.2) is 32.1 Å². The zero-order valence-corrected chi connectivity index (χ0v) is 15.0. The van der Waals surface area contributed by atoms with Crippen LogP contribution in [0.25, 0.3) is 11.0 Å². The fourth-order valence-corrected chi connectivity index (χ4v) is 2.59. The van der Waals surface area contributed by atoms with Crippen molar-refractivity contribution < 1.29 is 28.3 Å². The summed E-state index contributed by atoms with van der Waals surface area (Å²) < 4.78 is 14.5. The van der Waals surface area contributed by atoms with Gasteiger partial charge < -0.3 is 19.2 Å². The molecule has 1 heterocycles. The summed E-state index contributed by atoms with van der Waals surface area (Å²) >= 11 is 0. The van der Waals surface area contributed by atoms with Gasteiger partial charge in [0.2, 0.25) is 0 Å². The maximum Gasteiger partial charge on any atom is 0.349 e. The number of esters is 2. The summed E-state index contributed by atoms with van der Waals surface area (Å²) in [5, 5.41) is 3.02. The third-order valence-electron chi connectivity index (χ3n) is 3.98. The lowest BCUT2D eigenvalue weighted by atomic mass is 10.1. The number of fused-ring (bicyclic) bond motifs is 1. The number of hydrogen-bond donors (Lipinski definition) is 1. The van der Waals surface area contributed by atoms with Crippen molar-refractivity contribution in [2.24, 2.45) is 0 Å². The molecular weight excluding hydrogens is 366 g/mol. The Labute approximate surface area is 158 Å². The summed E-state index contributed by atoms with van der Waals surface area (Å²) in [6, 6.07) is 12.1. The van der Waals surface area contributed by atoms with Gasteiger partial charge in [0.25, 0.3) is 5.91 Å². The molecule has 2 aromatic carbocycles. The number of hydrogen-bond acceptors (Lipinski definition) is 7. The molecule has 0 saturated carbocycles. The first-order valence-corrected chi connectivity index (χ1v) is 8.09. The SMILES string of the molecule is COC(=O)c1ccc(C(=O)OC)c(NC(=O)c2cc3ccccc3oc2=O)c1. The average Bonchev–Trinajstić information content (AvgIpc) is 2.71. The highest BCUT2D eigenvalue weighted by Crippen LogP contribution is 2.21. The van der Waals surface area contributed by atoms with E-state index in [1.54, 1.807) is 24.3 Å². The van der Waals surface area contributed by atoms with Crippen LogP contribution in [0.3, 0.4) is 0 Å². The van der Waals surface area contributed by atoms with Crippen molar-refractivity contribution in [1.29, 1.82) is 0 Å². The number of nitrogens with one attached hydrogen (secondary N) is 1. The zero-order valence-electron chi connectivity index (χ0n) is 15.0. The molecule has 0 aliphatic carbocycles. The lowest BCUT2D eigenvalue weighted by Crippen LogP contribution is -2.22. The Kier molecular flexibility index (Phi) is 5.21. The molecule has 142 valence electrons. The second-order valence-corrected chi connectivity index (χ2v) is 5.68. The van der Waals surface area contributed by atoms with Gasteiger partial charge in [-0.25, -0.2) is 14.4 Å². The van der Waals surface area contributed by atoms with E-state index in [4.69, 9.17) is 4.42 Å². The predicted octanol–water partition coefficient (Wildman–Crippen LogP) is 2.62. The number of benzene rings is 2. The third-order valence-corrected chi connectivity index (χ3v) is 3.98. The first-order valence-electron chi connectivity index (χ1n) is 8.09. The minimum Gasteiger partial charge on any atom is -0.465 e. The van der Waals surface area contributed by atoms with Crippen LogP contribution in [0.4, 0.5) is 5.69 Å². The Morgan fingerprint density at radius 3 is 2.32 bits per heavy atom. The van der Waals surface area contributed by atoms with Crippen LogP contribution >= 0.6 is 0 Å². The van der Waals surface area contributed by atoms with Gasteiger partial charge in [0.1, 0.15) is 11.1 Å². The molecular formula is C20H15NO7. The number of carbonyl (C=O) groups excluding carboxylic acids is 3. The molecule has 0 fully saturated rings. The molecule has 1 N–H and O–H groups in total. The Morgan fingerprint density at radius 2 is 1.61 bits per heavy atom. The summed E-state index contributed by atoms with van der Waals surface area (Å²) in [7, 11) is 2.38. The Balaban J connectivity index is 2.03. The highest BCUT2D eigenvalue weighted by molar-refractivity contribution is 6.09. The van der Waals surface area contributed by atoms with Crippen LogP contribution in [0.15, 0.2) is 57.7 Å². The van der Waals surface area contributed by atoms with Gasteiger partial charge in [0.05, 0.1) is 31.0 Å². The molecule has 0 spiro atoms. The van der Waals surface area contributed by atoms with E-state index in [1.165, 1.54) is 38.5 Å². The maximum atomic E-state index is 12.7. The molecule has 0 saturated heterocycles. The summed E-state index contributed by atoms with van der Waals surface area (Å²) in [5.41, 5.74) is -0.637. The maximum absolute atomic E-state index is 12.7. The van der Waals surface area contributed by atoms with Crippen molar-refractivity contribution in [3.63, 3.8) is 0 Å². The standard InChI is InChI=1S/C20H15NO7/c1-26-18(23)12-7-8-13(19(24)27-2)15(10-12)21-17(22)14-9-11-5-3-4-6-16(11)28-20(14)25/h3-10H,1-2H3,(H,21,22). The molecule has 0 atom stereocenters. The second kappa shape index (κ2) is 7.75. The minimum absolute atomic E-state index is 0.00712. The number of ether oxygens (including phenoxy) is 2. The van der Waals surface area contributed by atoms with Crippen molar-refractivity contribution in [2.75, 3.05) is 19.5 Å². The Morgan fingerprint density at radius 1 is 0.893 bits per heavy atom. The van der Waals surface area contributed by atoms with Crippen LogP contribution in [0.5, 0.6) is 0 Å². The minimum atomic E-state index is -0.833. The van der Waals surface area contributed by atoms with E-state index < -0.39 is 23.5 Å². The fraction of sp³-hybridized carbons (Fsp3) is 0.100. The van der Waals surface area contributed by atoms with Gasteiger partial charge in [-0.05, 0) is 30.3 Å². The van der Waals surface area contributed by atoms with Crippen molar-refractivity contribution >= 4 is 34.5 Å². The number of methoxy groups -OCH3 is 2. The fourth-order valence-electron chi connectivity index (χ4n) is 2.59. The largest absolute Gasteiger partial charge is 0.465 e. The molecule has 0 bridgehead atoms. The Hall–Kier alpha value is -3.94. The topological polar surface area (TPSA) is 112 Å². The van der Waals surface area contributed by atoms with Crippen molar-refractivity contribution in [1.82, 2.24) is 0 Å². The molecule has 0 unspecified atom stereocenters. The van der Waals surface area contributed by atoms with Gasteiger partial charge in [-0.15, -0.1) is 0 Å². The number of carbonyl (C=O) groups is 3. The van der Waals surface area contributed by atoms with Gasteiger partial charge in [0.15, 0.2) is 0 Å². The predicted molar refractivity (Wildman–Crippen MR) is 99.6 cm³/mol. The quantitative estimate of drug-likeness (QED) is 0.546. The first-order chi connectivity index (χ1) is 13.4. The lowest BCUT2D eigenvalue weighted by Gasteiger charge is -2.11. The van der Waals surface area contributed by atoms with Crippen molar-refractivity contribution in [2.45, 2.75) is 0 Å². The van der Waals surface area contributed by atoms with Crippen LogP contribution in [0.2, 0.25) is 0 Å². The summed E-state index contributed by atoms with van der Waals surface area (Å²) in [5.74, 6) is -2.18. The molecule has 8 heteroatoms. The van der Waals surface area contributed by atoms with Crippen molar-refractivity contribution in [3.05, 3.63) is 75.6 Å². The van der Waals surface area contributed by atoms with Crippen LogP contribution in [-0.2, 0) is 9.47 Å². The first kappa shape index (κ1) is 18.8. The van der Waals surface area contributed by atoms with E-state index in [2.05, 4.69) is 14.8 Å². The van der Waals surface area contributed by atoms with Gasteiger partial charge in [-0.2, -0.15) is 0 Å². The molecule has 8 nitrogen and oxygen atoms in total. The molecule has 1 aromatic heterocycles. The smallest absolute Gasteiger partial charge is 0.349 e. The normalized spacial score (nSPS) is 10.4. The Bertz CT molecular complexity index is 1150. The molecule has 0 radical (unpaired) electrons. The highest BCUT2D eigenvalue weighted by atomic mass is 16.5. The molecule has 3 rings (SSSR count). The van der Waals surface area contributed by atoms with E-state index in [9.17, 15) is 19.2 Å². The molecule has 28 heavy (non-hydrogen) atoms. The van der Waals surface area contributed by atoms with Gasteiger partial charge in [0, 0.05) is 5.39 Å². The summed E-state index contributed by atoms with van der Waals surface area (Å²) in [4.78, 5) is 48.6. The number of amides is 1. The summed E-state index contributed by atoms with van der Waals surface area (Å²) in [6.07, 6.45) is 0. The number of anilines is 1. The van der Waals surface area contributed by atoms with Gasteiger partial charge in [-0.3, -0.25) is 4.79 Å². The van der Waals surface area contributed by atoms with Crippen LogP contribution in [0.1, 0.15) is 31.1 Å². The van der Waals surface area contributed by atoms with E-state index in [0.29, 0.717) is 11.0 Å². The number of rotatable bonds is 4. The number of para-hydroxylation sites is 1. The zero-order chi connectivity index (χ0) is 20.3. The van der Waals surface area contributed by atoms with Gasteiger partial charge in [-0.1, -0.05) is 18.2 Å². The monoisotopic (exact) mass is 381 g/mol. The molecule has 0 aliphatic heterocycles. The van der Waals surface area contributed by atoms with E-state index >= 15 is 0 Å². The summed E-state index contributed by atoms with van der Waals surface area (Å²) in [6.45, 7) is 0. The molecule has 1 amide bonds. The van der Waals surface area contributed by atoms with Crippen molar-refractivity contribution in [3.8, 4) is 0 Å². The van der Waals surface area contributed by atoms with E-state index in [1.807, 2.05) is 0 Å². The highest BCUT2D eigenvalue weighted by Gasteiger charge is 2.20. The van der Waals surface area contributed by atoms with Crippen LogP contribution < -0.4 is 10.9 Å². The third kappa shape index (κ3) is 3.61. The molecule has 3 aromatic rings. The lowest BCUT2D eigenvalue weighted by molar-refractivity contribution is 0.0587. The van der Waals surface area contributed by atoms with Gasteiger partial charge >= 0.3 is 17.6 Å². The second-order valence-electron chi connectivity index (χ2n) is 5.68. The van der Waals surface area contributed by atoms with Crippen LogP contribution in [0, 0.1) is 0 Å².